The Morgan fingerprint density at radius 3 is 2.50 bits per heavy atom. The summed E-state index contributed by atoms with van der Waals surface area (Å²) in [4.78, 5) is 39.6. The number of aliphatic imine (C=N–C) groups is 1. The van der Waals surface area contributed by atoms with Crippen LogP contribution in [0.3, 0.4) is 0 Å². The number of benzene rings is 2. The van der Waals surface area contributed by atoms with Gasteiger partial charge in [0.2, 0.25) is 17.7 Å². The summed E-state index contributed by atoms with van der Waals surface area (Å²) < 4.78 is 31.4. The fourth-order valence-electron chi connectivity index (χ4n) is 4.10. The van der Waals surface area contributed by atoms with Crippen LogP contribution in [0.2, 0.25) is 5.02 Å². The molecule has 2 N–H and O–H groups in total. The minimum Gasteiger partial charge on any atom is -0.465 e. The lowest BCUT2D eigenvalue weighted by molar-refractivity contribution is -0.128. The van der Waals surface area contributed by atoms with Gasteiger partial charge in [-0.2, -0.15) is 0 Å². The Labute approximate surface area is 198 Å². The first-order valence-electron chi connectivity index (χ1n) is 10.2. The lowest BCUT2D eigenvalue weighted by Crippen LogP contribution is -2.51. The van der Waals surface area contributed by atoms with Crippen LogP contribution in [-0.2, 0) is 16.1 Å². The van der Waals surface area contributed by atoms with Crippen molar-refractivity contribution in [3.8, 4) is 0 Å². The maximum atomic E-state index is 16.2. The quantitative estimate of drug-likeness (QED) is 0.685. The second-order valence-electron chi connectivity index (χ2n) is 8.44. The molecule has 0 bridgehead atoms. The molecule has 2 aromatic rings. The molecule has 9 nitrogen and oxygen atoms in total. The van der Waals surface area contributed by atoms with Crippen LogP contribution in [0.15, 0.2) is 45.3 Å². The third-order valence-electron chi connectivity index (χ3n) is 5.88. The van der Waals surface area contributed by atoms with Crippen LogP contribution in [0.5, 0.6) is 0 Å². The van der Waals surface area contributed by atoms with Gasteiger partial charge in [0.25, 0.3) is 0 Å². The van der Waals surface area contributed by atoms with Gasteiger partial charge in [0, 0.05) is 17.6 Å². The number of amides is 2. The predicted molar refractivity (Wildman–Crippen MR) is 119 cm³/mol. The standard InChI is InChI=1S/C22H21ClF2N6O3/c1-21(10-16(32)31(4)19(29-21)26-20(33)34)12-6-7-13(24)17(18(12)25)22(30(2)3)27-14-8-5-11(23)9-15(14)28-22/h5-9H,10H2,1-4H3,(H,26,29)(H,33,34)/t21-,22?/m0/s1. The molecule has 0 saturated carbocycles. The van der Waals surface area contributed by atoms with E-state index >= 15 is 8.78 Å². The topological polar surface area (TPSA) is 110 Å². The molecule has 0 fully saturated rings. The summed E-state index contributed by atoms with van der Waals surface area (Å²) in [5.41, 5.74) is -2.07. The highest BCUT2D eigenvalue weighted by Crippen LogP contribution is 2.41. The summed E-state index contributed by atoms with van der Waals surface area (Å²) in [7, 11) is 4.52. The molecule has 0 radical (unpaired) electrons. The van der Waals surface area contributed by atoms with Crippen molar-refractivity contribution in [3.05, 3.63) is 68.8 Å². The second kappa shape index (κ2) is 8.10. The number of hydrogen-bond donors (Lipinski definition) is 2. The summed E-state index contributed by atoms with van der Waals surface area (Å²) in [5.74, 6) is -4.41. The van der Waals surface area contributed by atoms with Gasteiger partial charge in [-0.05, 0) is 45.3 Å². The Bertz CT molecular complexity index is 1380. The highest BCUT2D eigenvalue weighted by molar-refractivity contribution is 6.30. The fourth-order valence-corrected chi connectivity index (χ4v) is 4.26. The normalized spacial score (nSPS) is 23.8. The number of halogens is 3. The number of guanidine groups is 1. The number of carboxylic acid groups (broad SMARTS) is 1. The molecule has 0 aromatic heterocycles. The van der Waals surface area contributed by atoms with E-state index in [2.05, 4.69) is 15.0 Å². The summed E-state index contributed by atoms with van der Waals surface area (Å²) >= 11 is 6.06. The van der Waals surface area contributed by atoms with Crippen LogP contribution in [0.4, 0.5) is 13.6 Å². The molecule has 1 unspecified atom stereocenters. The Morgan fingerprint density at radius 2 is 1.85 bits per heavy atom. The number of carbonyl (C=O) groups is 2. The van der Waals surface area contributed by atoms with Crippen LogP contribution in [-0.4, -0.2) is 54.0 Å². The van der Waals surface area contributed by atoms with Gasteiger partial charge in [0.1, 0.15) is 11.6 Å². The van der Waals surface area contributed by atoms with Crippen molar-refractivity contribution in [2.24, 2.45) is 15.0 Å². The van der Waals surface area contributed by atoms with Gasteiger partial charge in [-0.3, -0.25) is 19.9 Å². The lowest BCUT2D eigenvalue weighted by Gasteiger charge is -2.36. The molecule has 0 aliphatic carbocycles. The van der Waals surface area contributed by atoms with Crippen LogP contribution in [0, 0.1) is 11.6 Å². The van der Waals surface area contributed by atoms with Crippen LogP contribution >= 0.6 is 11.6 Å². The molecule has 2 aromatic carbocycles. The monoisotopic (exact) mass is 490 g/mol. The van der Waals surface area contributed by atoms with Gasteiger partial charge in [-0.15, -0.1) is 0 Å². The summed E-state index contributed by atoms with van der Waals surface area (Å²) in [6, 6.07) is 7.02. The smallest absolute Gasteiger partial charge is 0.411 e. The van der Waals surface area contributed by atoms with E-state index in [1.54, 1.807) is 32.3 Å². The number of hydrogen-bond acceptors (Lipinski definition) is 6. The summed E-state index contributed by atoms with van der Waals surface area (Å²) in [6.45, 7) is 1.47. The van der Waals surface area contributed by atoms with Gasteiger partial charge >= 0.3 is 6.09 Å². The maximum Gasteiger partial charge on any atom is 0.411 e. The van der Waals surface area contributed by atoms with E-state index < -0.39 is 40.5 Å². The van der Waals surface area contributed by atoms with Crippen molar-refractivity contribution >= 4 is 29.6 Å². The second-order valence-corrected chi connectivity index (χ2v) is 8.88. The number of rotatable bonds is 3. The van der Waals surface area contributed by atoms with Crippen molar-refractivity contribution in [2.45, 2.75) is 24.7 Å². The molecule has 2 aliphatic heterocycles. The fraction of sp³-hybridized carbons (Fsp3) is 0.318. The first-order valence-corrected chi connectivity index (χ1v) is 10.5. The Hall–Kier alpha value is -3.44. The minimum atomic E-state index is -1.77. The van der Waals surface area contributed by atoms with Crippen molar-refractivity contribution in [3.63, 3.8) is 0 Å². The minimum absolute atomic E-state index is 0.101. The number of nitrogens with zero attached hydrogens (tertiary/aromatic N) is 5. The maximum absolute atomic E-state index is 16.2. The van der Waals surface area contributed by atoms with Gasteiger partial charge in [0.05, 0.1) is 28.2 Å². The van der Waals surface area contributed by atoms with Gasteiger partial charge in [0.15, 0.2) is 0 Å². The van der Waals surface area contributed by atoms with Crippen LogP contribution < -0.4 is 16.0 Å². The summed E-state index contributed by atoms with van der Waals surface area (Å²) in [5, 5.41) is 12.3. The number of carbonyl (C=O) groups excluding carboxylic acids is 1. The van der Waals surface area contributed by atoms with Crippen molar-refractivity contribution in [1.29, 1.82) is 0 Å². The summed E-state index contributed by atoms with van der Waals surface area (Å²) in [6.07, 6.45) is -1.70. The zero-order valence-corrected chi connectivity index (χ0v) is 19.5. The van der Waals surface area contributed by atoms with Gasteiger partial charge < -0.3 is 5.11 Å². The molecular formula is C22H21ClF2N6O3. The van der Waals surface area contributed by atoms with E-state index in [1.165, 1.54) is 24.9 Å². The van der Waals surface area contributed by atoms with Crippen LogP contribution in [0.25, 0.3) is 0 Å². The number of fused-ring (bicyclic) bond motifs is 1. The van der Waals surface area contributed by atoms with Crippen molar-refractivity contribution in [1.82, 2.24) is 15.1 Å². The molecule has 4 rings (SSSR count). The Morgan fingerprint density at radius 1 is 1.18 bits per heavy atom. The average Bonchev–Trinajstić information content (AvgIpc) is 3.10. The molecule has 2 amide bonds. The lowest BCUT2D eigenvalue weighted by atomic mass is 9.85. The van der Waals surface area contributed by atoms with E-state index in [1.807, 2.05) is 5.32 Å². The van der Waals surface area contributed by atoms with E-state index in [-0.39, 0.29) is 17.9 Å². The Kier molecular flexibility index (Phi) is 5.65. The molecule has 34 heavy (non-hydrogen) atoms. The van der Waals surface area contributed by atoms with E-state index in [4.69, 9.17) is 16.7 Å². The third-order valence-corrected chi connectivity index (χ3v) is 6.11. The van der Waals surface area contributed by atoms with Gasteiger partial charge in [-0.1, -0.05) is 17.7 Å². The SMILES string of the molecule is CN1C(=O)C[C@@](C)(c2ccc(F)c(C3(N(C)C)N=c4ccc(Cl)cc4=N3)c2F)N=C1NC(=O)O. The van der Waals surface area contributed by atoms with Crippen LogP contribution in [0.1, 0.15) is 24.5 Å². The largest absolute Gasteiger partial charge is 0.465 e. The Balaban J connectivity index is 1.95. The molecule has 0 spiro atoms. The highest BCUT2D eigenvalue weighted by atomic mass is 35.5. The molecule has 0 saturated heterocycles. The zero-order chi connectivity index (χ0) is 25.0. The van der Waals surface area contributed by atoms with Gasteiger partial charge in [-0.25, -0.2) is 28.6 Å². The molecular weight excluding hydrogens is 470 g/mol. The zero-order valence-electron chi connectivity index (χ0n) is 18.7. The van der Waals surface area contributed by atoms with E-state index in [0.29, 0.717) is 15.7 Å². The molecule has 2 atom stereocenters. The third kappa shape index (κ3) is 3.70. The molecule has 2 aliphatic rings. The predicted octanol–water partition coefficient (Wildman–Crippen LogP) is 1.94. The first kappa shape index (κ1) is 23.7. The molecule has 178 valence electrons. The van der Waals surface area contributed by atoms with Crippen molar-refractivity contribution in [2.75, 3.05) is 21.1 Å². The molecule has 12 heteroatoms. The van der Waals surface area contributed by atoms with E-state index in [9.17, 15) is 9.59 Å². The molecule has 2 heterocycles. The average molecular weight is 491 g/mol. The number of nitrogens with one attached hydrogen (secondary N) is 1. The van der Waals surface area contributed by atoms with Crippen molar-refractivity contribution < 1.29 is 23.5 Å². The first-order chi connectivity index (χ1) is 15.9. The van der Waals surface area contributed by atoms with E-state index in [0.717, 1.165) is 11.0 Å². The highest BCUT2D eigenvalue weighted by Gasteiger charge is 2.46.